The number of hydrogen-bond donors (Lipinski definition) is 2. The molecule has 2 amide bonds. The predicted octanol–water partition coefficient (Wildman–Crippen LogP) is 3.43. The van der Waals surface area contributed by atoms with Crippen LogP contribution >= 0.6 is 11.8 Å². The minimum Gasteiger partial charge on any atom is -0.506 e. The number of imide groups is 1. The highest BCUT2D eigenvalue weighted by molar-refractivity contribution is 8.18. The van der Waals surface area contributed by atoms with Crippen LogP contribution in [-0.2, 0) is 14.6 Å². The van der Waals surface area contributed by atoms with E-state index in [9.17, 15) is 27.5 Å². The molecule has 10 heteroatoms. The minimum absolute atomic E-state index is 0.0191. The molecule has 3 rings (SSSR count). The number of nitrogens with one attached hydrogen (secondary N) is 1. The summed E-state index contributed by atoms with van der Waals surface area (Å²) in [6, 6.07) is 9.23. The third kappa shape index (κ3) is 4.60. The van der Waals surface area contributed by atoms with Gasteiger partial charge in [-0.15, -0.1) is 0 Å². The lowest BCUT2D eigenvalue weighted by molar-refractivity contribution is -0.122. The van der Waals surface area contributed by atoms with Crippen molar-refractivity contribution in [2.24, 2.45) is 0 Å². The summed E-state index contributed by atoms with van der Waals surface area (Å²) in [6.45, 7) is 1.25. The van der Waals surface area contributed by atoms with Crippen LogP contribution in [0, 0.1) is 5.82 Å². The minimum atomic E-state index is -3.48. The number of phenolic OH excluding ortho intramolecular Hbond substituents is 1. The molecule has 7 nitrogen and oxygen atoms in total. The monoisotopic (exact) mass is 436 g/mol. The molecule has 0 radical (unpaired) electrons. The van der Waals surface area contributed by atoms with E-state index in [1.807, 2.05) is 0 Å². The number of benzene rings is 2. The fraction of sp³-hybridized carbons (Fsp3) is 0.158. The summed E-state index contributed by atoms with van der Waals surface area (Å²) in [6.07, 6.45) is 1.48. The molecular weight excluding hydrogens is 419 g/mol. The molecule has 1 saturated heterocycles. The predicted molar refractivity (Wildman–Crippen MR) is 109 cm³/mol. The maximum atomic E-state index is 13.0. The first-order valence-electron chi connectivity index (χ1n) is 8.52. The summed E-state index contributed by atoms with van der Waals surface area (Å²) in [7, 11) is -3.48. The number of rotatable bonds is 6. The first kappa shape index (κ1) is 20.9. The van der Waals surface area contributed by atoms with Gasteiger partial charge in [0, 0.05) is 0 Å². The summed E-state index contributed by atoms with van der Waals surface area (Å²) in [4.78, 5) is 25.8. The van der Waals surface area contributed by atoms with Crippen molar-refractivity contribution in [2.75, 3.05) is 17.7 Å². The van der Waals surface area contributed by atoms with E-state index in [1.165, 1.54) is 55.5 Å². The quantitative estimate of drug-likeness (QED) is 0.528. The molecule has 2 aromatic carbocycles. The lowest BCUT2D eigenvalue weighted by Gasteiger charge is -2.16. The Hall–Kier alpha value is -2.85. The maximum Gasteiger partial charge on any atom is 0.295 e. The molecule has 1 fully saturated rings. The van der Waals surface area contributed by atoms with E-state index in [4.69, 9.17) is 0 Å². The topological polar surface area (TPSA) is 104 Å². The molecule has 0 aromatic heterocycles. The van der Waals surface area contributed by atoms with Crippen LogP contribution in [0.15, 0.2) is 52.3 Å². The number of phenols is 1. The van der Waals surface area contributed by atoms with Crippen molar-refractivity contribution in [2.45, 2.75) is 11.8 Å². The number of carbonyl (C=O) groups excluding carboxylic acids is 2. The highest BCUT2D eigenvalue weighted by atomic mass is 32.2. The number of hydrogen-bond acceptors (Lipinski definition) is 7. The molecular formula is C19H17FN2O5S2. The van der Waals surface area contributed by atoms with Crippen LogP contribution in [0.25, 0.3) is 6.08 Å². The van der Waals surface area contributed by atoms with Crippen LogP contribution in [0.4, 0.5) is 14.9 Å². The lowest BCUT2D eigenvalue weighted by atomic mass is 10.2. The van der Waals surface area contributed by atoms with E-state index in [-0.39, 0.29) is 33.7 Å². The molecule has 2 N–H and O–H groups in total. The van der Waals surface area contributed by atoms with E-state index in [1.54, 1.807) is 0 Å². The molecule has 1 aliphatic rings. The molecule has 1 heterocycles. The third-order valence-electron chi connectivity index (χ3n) is 4.18. The van der Waals surface area contributed by atoms with Gasteiger partial charge in [0.1, 0.15) is 11.6 Å². The summed E-state index contributed by atoms with van der Waals surface area (Å²) < 4.78 is 37.0. The Morgan fingerprint density at radius 3 is 2.52 bits per heavy atom. The van der Waals surface area contributed by atoms with Crippen LogP contribution in [0.3, 0.4) is 0 Å². The lowest BCUT2D eigenvalue weighted by Crippen LogP contribution is -2.33. The number of aromatic hydroxyl groups is 1. The highest BCUT2D eigenvalue weighted by Gasteiger charge is 2.35. The normalized spacial score (nSPS) is 15.9. The van der Waals surface area contributed by atoms with Crippen molar-refractivity contribution in [3.05, 3.63) is 58.8 Å². The van der Waals surface area contributed by atoms with Gasteiger partial charge < -0.3 is 10.4 Å². The van der Waals surface area contributed by atoms with Crippen LogP contribution < -0.4 is 5.32 Å². The number of thioether (sulfide) groups is 1. The number of anilines is 1. The van der Waals surface area contributed by atoms with Gasteiger partial charge in [-0.25, -0.2) is 12.8 Å². The standard InChI is InChI=1S/C19H17FN2O5S2/c1-2-29(26,27)14-7-8-16(23)15(10-14)21-11-22-18(24)17(28-19(22)25)9-12-3-5-13(20)6-4-12/h3-10,21,23H,2,11H2,1H3. The first-order chi connectivity index (χ1) is 13.7. The van der Waals surface area contributed by atoms with E-state index in [2.05, 4.69) is 5.32 Å². The number of carbonyl (C=O) groups is 2. The van der Waals surface area contributed by atoms with Crippen LogP contribution in [0.5, 0.6) is 5.75 Å². The molecule has 0 unspecified atom stereocenters. The Balaban J connectivity index is 1.76. The van der Waals surface area contributed by atoms with Crippen molar-refractivity contribution in [1.82, 2.24) is 4.90 Å². The maximum absolute atomic E-state index is 13.0. The summed E-state index contributed by atoms with van der Waals surface area (Å²) >= 11 is 0.738. The molecule has 2 aromatic rings. The van der Waals surface area contributed by atoms with Gasteiger partial charge >= 0.3 is 0 Å². The zero-order chi connectivity index (χ0) is 21.2. The molecule has 0 saturated carbocycles. The molecule has 0 bridgehead atoms. The van der Waals surface area contributed by atoms with Crippen molar-refractivity contribution in [1.29, 1.82) is 0 Å². The highest BCUT2D eigenvalue weighted by Crippen LogP contribution is 2.33. The average Bonchev–Trinajstić information content (AvgIpc) is 2.95. The Morgan fingerprint density at radius 1 is 1.17 bits per heavy atom. The number of amides is 2. The Kier molecular flexibility index (Phi) is 5.94. The Labute approximate surface area is 171 Å². The van der Waals surface area contributed by atoms with E-state index in [0.717, 1.165) is 16.7 Å². The second-order valence-electron chi connectivity index (χ2n) is 6.08. The Bertz CT molecular complexity index is 1100. The molecule has 0 spiro atoms. The van der Waals surface area contributed by atoms with Gasteiger partial charge in [-0.2, -0.15) is 0 Å². The van der Waals surface area contributed by atoms with Gasteiger partial charge in [-0.3, -0.25) is 14.5 Å². The van der Waals surface area contributed by atoms with Gasteiger partial charge in [-0.1, -0.05) is 19.1 Å². The van der Waals surface area contributed by atoms with E-state index in [0.29, 0.717) is 5.56 Å². The number of halogens is 1. The molecule has 1 aliphatic heterocycles. The van der Waals surface area contributed by atoms with Gasteiger partial charge in [-0.05, 0) is 53.7 Å². The third-order valence-corrected chi connectivity index (χ3v) is 6.82. The second-order valence-corrected chi connectivity index (χ2v) is 9.35. The van der Waals surface area contributed by atoms with Gasteiger partial charge in [0.05, 0.1) is 27.9 Å². The summed E-state index contributed by atoms with van der Waals surface area (Å²) in [5.41, 5.74) is 0.654. The van der Waals surface area contributed by atoms with Crippen molar-refractivity contribution >= 4 is 44.5 Å². The van der Waals surface area contributed by atoms with E-state index >= 15 is 0 Å². The first-order valence-corrected chi connectivity index (χ1v) is 11.0. The summed E-state index contributed by atoms with van der Waals surface area (Å²) in [5.74, 6) is -1.27. The molecule has 152 valence electrons. The largest absolute Gasteiger partial charge is 0.506 e. The second kappa shape index (κ2) is 8.26. The molecule has 0 atom stereocenters. The smallest absolute Gasteiger partial charge is 0.295 e. The van der Waals surface area contributed by atoms with E-state index < -0.39 is 26.8 Å². The van der Waals surface area contributed by atoms with Gasteiger partial charge in [0.25, 0.3) is 11.1 Å². The fourth-order valence-electron chi connectivity index (χ4n) is 2.53. The summed E-state index contributed by atoms with van der Waals surface area (Å²) in [5, 5.41) is 12.2. The van der Waals surface area contributed by atoms with Crippen LogP contribution in [-0.4, -0.2) is 42.0 Å². The molecule has 0 aliphatic carbocycles. The average molecular weight is 436 g/mol. The van der Waals surface area contributed by atoms with Crippen LogP contribution in [0.2, 0.25) is 0 Å². The zero-order valence-corrected chi connectivity index (χ0v) is 16.9. The Morgan fingerprint density at radius 2 is 1.86 bits per heavy atom. The van der Waals surface area contributed by atoms with Gasteiger partial charge in [0.15, 0.2) is 9.84 Å². The van der Waals surface area contributed by atoms with Crippen molar-refractivity contribution in [3.8, 4) is 5.75 Å². The van der Waals surface area contributed by atoms with Crippen molar-refractivity contribution in [3.63, 3.8) is 0 Å². The number of nitrogens with zero attached hydrogens (tertiary/aromatic N) is 1. The fourth-order valence-corrected chi connectivity index (χ4v) is 4.27. The number of sulfone groups is 1. The SMILES string of the molecule is CCS(=O)(=O)c1ccc(O)c(NCN2C(=O)SC(=Cc3ccc(F)cc3)C2=O)c1. The van der Waals surface area contributed by atoms with Gasteiger partial charge in [0.2, 0.25) is 0 Å². The van der Waals surface area contributed by atoms with Crippen molar-refractivity contribution < 1.29 is 27.5 Å². The molecule has 29 heavy (non-hydrogen) atoms. The zero-order valence-electron chi connectivity index (χ0n) is 15.3. The van der Waals surface area contributed by atoms with Crippen LogP contribution in [0.1, 0.15) is 12.5 Å².